The van der Waals surface area contributed by atoms with E-state index >= 15 is 0 Å². The van der Waals surface area contributed by atoms with Gasteiger partial charge in [-0.1, -0.05) is 11.2 Å². The quantitative estimate of drug-likeness (QED) is 0.543. The lowest BCUT2D eigenvalue weighted by Crippen LogP contribution is -2.29. The molecule has 0 aliphatic rings. The largest absolute Gasteiger partial charge is 0.617 e. The molecule has 1 atom stereocenters. The van der Waals surface area contributed by atoms with Crippen LogP contribution in [-0.2, 0) is 16.0 Å². The van der Waals surface area contributed by atoms with Gasteiger partial charge in [0.25, 0.3) is 0 Å². The van der Waals surface area contributed by atoms with Crippen molar-refractivity contribution >= 4 is 17.1 Å². The zero-order chi connectivity index (χ0) is 8.15. The topological polar surface area (TPSA) is 43.4 Å². The minimum absolute atomic E-state index is 0.0189. The van der Waals surface area contributed by atoms with E-state index in [2.05, 4.69) is 0 Å². The number of hydrogen-bond donors (Lipinski definition) is 0. The molecule has 0 fully saturated rings. The zero-order valence-corrected chi connectivity index (χ0v) is 7.40. The number of nitrogens with zero attached hydrogens (tertiary/aromatic N) is 1. The first-order valence-electron chi connectivity index (χ1n) is 3.05. The number of carbonyl (C=O) groups excluding carboxylic acids is 1. The van der Waals surface area contributed by atoms with Crippen LogP contribution in [0.3, 0.4) is 0 Å². The average Bonchev–Trinajstić information content (AvgIpc) is 1.82. The molecule has 0 saturated heterocycles. The molecule has 1 unspecified atom stereocenters. The monoisotopic (exact) mass is 163 g/mol. The Hall–Kier alpha value is -0.220. The second-order valence-corrected chi connectivity index (χ2v) is 3.77. The van der Waals surface area contributed by atoms with E-state index in [1.165, 1.54) is 6.92 Å². The van der Waals surface area contributed by atoms with E-state index in [1.807, 2.05) is 0 Å². The summed E-state index contributed by atoms with van der Waals surface area (Å²) >= 11 is -0.797. The molecule has 10 heavy (non-hydrogen) atoms. The van der Waals surface area contributed by atoms with Gasteiger partial charge in [0.05, 0.1) is 12.8 Å². The molecule has 0 spiro atoms. The molecule has 0 N–H and O–H groups in total. The molecule has 0 rings (SSSR count). The minimum Gasteiger partial charge on any atom is -0.617 e. The summed E-state index contributed by atoms with van der Waals surface area (Å²) in [6.07, 6.45) is 1.63. The van der Waals surface area contributed by atoms with Crippen molar-refractivity contribution in [3.8, 4) is 0 Å². The van der Waals surface area contributed by atoms with Crippen molar-refractivity contribution in [3.05, 3.63) is 0 Å². The third-order valence-corrected chi connectivity index (χ3v) is 2.01. The van der Waals surface area contributed by atoms with Crippen molar-refractivity contribution in [2.24, 2.45) is 0 Å². The molecule has 4 heteroatoms. The number of carbonyl (C=O) groups is 1. The van der Waals surface area contributed by atoms with Crippen LogP contribution in [0.15, 0.2) is 0 Å². The van der Waals surface area contributed by atoms with Crippen LogP contribution in [0.1, 0.15) is 6.92 Å². The maximum absolute atomic E-state index is 10.6. The maximum Gasteiger partial charge on any atom is 0.219 e. The molecule has 0 aliphatic heterocycles. The van der Waals surface area contributed by atoms with Gasteiger partial charge in [-0.3, -0.25) is 4.79 Å². The first kappa shape index (κ1) is 9.78. The first-order chi connectivity index (χ1) is 4.54. The van der Waals surface area contributed by atoms with E-state index in [1.54, 1.807) is 18.2 Å². The molecule has 0 aliphatic carbocycles. The third kappa shape index (κ3) is 4.64. The summed E-state index contributed by atoms with van der Waals surface area (Å²) in [5, 5.41) is 0. The van der Waals surface area contributed by atoms with E-state index in [9.17, 15) is 9.35 Å². The molecule has 0 aromatic rings. The molecule has 0 heterocycles. The van der Waals surface area contributed by atoms with Gasteiger partial charge in [-0.15, -0.1) is 0 Å². The Bertz CT molecular complexity index is 116. The lowest BCUT2D eigenvalue weighted by atomic mass is 10.5. The van der Waals surface area contributed by atoms with Crippen molar-refractivity contribution < 1.29 is 9.35 Å². The molecule has 0 aromatic carbocycles. The van der Waals surface area contributed by atoms with Crippen LogP contribution in [0, 0.1) is 0 Å². The van der Waals surface area contributed by atoms with Crippen LogP contribution in [-0.4, -0.2) is 41.0 Å². The van der Waals surface area contributed by atoms with Gasteiger partial charge < -0.3 is 9.45 Å². The summed E-state index contributed by atoms with van der Waals surface area (Å²) in [5.41, 5.74) is 0. The van der Waals surface area contributed by atoms with Crippen LogP contribution in [0.5, 0.6) is 0 Å². The van der Waals surface area contributed by atoms with Crippen molar-refractivity contribution in [3.63, 3.8) is 0 Å². The summed E-state index contributed by atoms with van der Waals surface area (Å²) in [7, 11) is 1.70. The van der Waals surface area contributed by atoms with Gasteiger partial charge in [0, 0.05) is 14.0 Å². The van der Waals surface area contributed by atoms with Gasteiger partial charge in [-0.2, -0.15) is 0 Å². The van der Waals surface area contributed by atoms with E-state index < -0.39 is 11.2 Å². The van der Waals surface area contributed by atoms with E-state index in [0.717, 1.165) is 0 Å². The standard InChI is InChI=1S/C6H13NO2S/c1-6(8)7(2)4-5-10(3)9/h4-5H2,1-3H3. The van der Waals surface area contributed by atoms with Gasteiger partial charge in [0.1, 0.15) is 5.75 Å². The fourth-order valence-corrected chi connectivity index (χ4v) is 0.954. The van der Waals surface area contributed by atoms with E-state index in [-0.39, 0.29) is 5.91 Å². The summed E-state index contributed by atoms with van der Waals surface area (Å²) in [6, 6.07) is 0. The summed E-state index contributed by atoms with van der Waals surface area (Å²) in [4.78, 5) is 12.1. The molecule has 0 bridgehead atoms. The lowest BCUT2D eigenvalue weighted by Gasteiger charge is -2.14. The Morgan fingerprint density at radius 2 is 2.20 bits per heavy atom. The maximum atomic E-state index is 10.6. The van der Waals surface area contributed by atoms with Crippen LogP contribution < -0.4 is 0 Å². The van der Waals surface area contributed by atoms with Gasteiger partial charge in [0.15, 0.2) is 0 Å². The van der Waals surface area contributed by atoms with Crippen LogP contribution in [0.4, 0.5) is 0 Å². The van der Waals surface area contributed by atoms with Crippen molar-refractivity contribution in [1.29, 1.82) is 0 Å². The highest BCUT2D eigenvalue weighted by atomic mass is 32.2. The smallest absolute Gasteiger partial charge is 0.219 e. The molecule has 3 nitrogen and oxygen atoms in total. The van der Waals surface area contributed by atoms with Crippen molar-refractivity contribution in [1.82, 2.24) is 4.90 Å². The number of hydrogen-bond acceptors (Lipinski definition) is 2. The van der Waals surface area contributed by atoms with Crippen molar-refractivity contribution in [2.45, 2.75) is 6.92 Å². The Labute approximate surface area is 64.6 Å². The van der Waals surface area contributed by atoms with Crippen LogP contribution in [0.2, 0.25) is 0 Å². The van der Waals surface area contributed by atoms with Gasteiger partial charge in [-0.25, -0.2) is 0 Å². The Kier molecular flexibility index (Phi) is 4.47. The summed E-state index contributed by atoms with van der Waals surface area (Å²) < 4.78 is 10.5. The summed E-state index contributed by atoms with van der Waals surface area (Å²) in [6.45, 7) is 2.08. The Morgan fingerprint density at radius 1 is 1.70 bits per heavy atom. The molecule has 0 radical (unpaired) electrons. The first-order valence-corrected chi connectivity index (χ1v) is 4.78. The lowest BCUT2D eigenvalue weighted by molar-refractivity contribution is -0.127. The van der Waals surface area contributed by atoms with Crippen LogP contribution in [0.25, 0.3) is 0 Å². The number of rotatable bonds is 3. The molecule has 1 amide bonds. The van der Waals surface area contributed by atoms with E-state index in [4.69, 9.17) is 0 Å². The third-order valence-electron chi connectivity index (χ3n) is 1.25. The van der Waals surface area contributed by atoms with Gasteiger partial charge >= 0.3 is 0 Å². The van der Waals surface area contributed by atoms with Crippen molar-refractivity contribution in [2.75, 3.05) is 25.6 Å². The molecule has 0 aromatic heterocycles. The van der Waals surface area contributed by atoms with E-state index in [0.29, 0.717) is 12.3 Å². The molecule has 60 valence electrons. The van der Waals surface area contributed by atoms with Gasteiger partial charge in [0.2, 0.25) is 5.91 Å². The van der Waals surface area contributed by atoms with Gasteiger partial charge in [-0.05, 0) is 0 Å². The minimum atomic E-state index is -0.797. The second-order valence-electron chi connectivity index (χ2n) is 2.22. The average molecular weight is 163 g/mol. The second kappa shape index (κ2) is 4.57. The highest BCUT2D eigenvalue weighted by Crippen LogP contribution is 1.87. The number of amides is 1. The fraction of sp³-hybridized carbons (Fsp3) is 0.833. The Morgan fingerprint density at radius 3 is 2.50 bits per heavy atom. The predicted octanol–water partition coefficient (Wildman–Crippen LogP) is -0.157. The normalized spacial score (nSPS) is 12.8. The SMILES string of the molecule is CC(=O)N(C)CC[S+](C)[O-]. The Balaban J connectivity index is 3.40. The fourth-order valence-electron chi connectivity index (χ4n) is 0.423. The highest BCUT2D eigenvalue weighted by molar-refractivity contribution is 7.90. The predicted molar refractivity (Wildman–Crippen MR) is 42.2 cm³/mol. The molecular formula is C6H13NO2S. The zero-order valence-electron chi connectivity index (χ0n) is 6.59. The highest BCUT2D eigenvalue weighted by Gasteiger charge is 2.04. The summed E-state index contributed by atoms with van der Waals surface area (Å²) in [5.74, 6) is 0.584. The van der Waals surface area contributed by atoms with Crippen LogP contribution >= 0.6 is 0 Å². The molecule has 0 saturated carbocycles. The molecular weight excluding hydrogens is 150 g/mol.